The Bertz CT molecular complexity index is 413. The van der Waals surface area contributed by atoms with E-state index >= 15 is 0 Å². The van der Waals surface area contributed by atoms with Crippen molar-refractivity contribution in [3.05, 3.63) is 0 Å². The van der Waals surface area contributed by atoms with Gasteiger partial charge in [-0.3, -0.25) is 4.79 Å². The Kier molecular flexibility index (Phi) is 2.66. The van der Waals surface area contributed by atoms with E-state index in [9.17, 15) is 4.79 Å². The molecule has 0 aliphatic heterocycles. The second-order valence-electron chi connectivity index (χ2n) is 6.68. The van der Waals surface area contributed by atoms with Gasteiger partial charge in [-0.25, -0.2) is 0 Å². The van der Waals surface area contributed by atoms with Crippen molar-refractivity contribution in [2.24, 2.45) is 29.6 Å². The van der Waals surface area contributed by atoms with Crippen molar-refractivity contribution >= 4 is 5.97 Å². The quantitative estimate of drug-likeness (QED) is 0.669. The fourth-order valence-electron chi connectivity index (χ4n) is 5.12. The number of esters is 1. The smallest absolute Gasteiger partial charge is 0.303 e. The van der Waals surface area contributed by atoms with Gasteiger partial charge in [-0.15, -0.1) is 0 Å². The van der Waals surface area contributed by atoms with Crippen molar-refractivity contribution in [2.45, 2.75) is 51.6 Å². The summed E-state index contributed by atoms with van der Waals surface area (Å²) in [6.07, 6.45) is 5.49. The first-order chi connectivity index (χ1) is 8.53. The normalized spacial score (nSPS) is 49.5. The van der Waals surface area contributed by atoms with Gasteiger partial charge in [0.1, 0.15) is 5.60 Å². The molecule has 0 radical (unpaired) electrons. The number of nitrogens with zero attached hydrogens (tertiary/aromatic N) is 1. The van der Waals surface area contributed by atoms with E-state index < -0.39 is 0 Å². The Hall–Kier alpha value is -1.04. The van der Waals surface area contributed by atoms with E-state index in [4.69, 9.17) is 10.00 Å². The first-order valence-corrected chi connectivity index (χ1v) is 7.12. The van der Waals surface area contributed by atoms with Crippen molar-refractivity contribution in [1.29, 1.82) is 5.26 Å². The number of carbonyl (C=O) groups is 1. The molecule has 0 spiro atoms. The maximum atomic E-state index is 11.3. The van der Waals surface area contributed by atoms with E-state index in [1.807, 2.05) is 0 Å². The lowest BCUT2D eigenvalue weighted by molar-refractivity contribution is -0.165. The van der Waals surface area contributed by atoms with Crippen molar-refractivity contribution in [1.82, 2.24) is 0 Å². The van der Waals surface area contributed by atoms with Crippen LogP contribution in [0.15, 0.2) is 0 Å². The van der Waals surface area contributed by atoms with Gasteiger partial charge >= 0.3 is 5.97 Å². The van der Waals surface area contributed by atoms with Crippen molar-refractivity contribution in [3.63, 3.8) is 0 Å². The van der Waals surface area contributed by atoms with Gasteiger partial charge in [-0.1, -0.05) is 0 Å². The maximum Gasteiger partial charge on any atom is 0.303 e. The van der Waals surface area contributed by atoms with Crippen LogP contribution in [0, 0.1) is 40.9 Å². The number of ether oxygens (including phenoxy) is 1. The van der Waals surface area contributed by atoms with Gasteiger partial charge in [0.25, 0.3) is 0 Å². The molecular weight excluding hydrogens is 226 g/mol. The summed E-state index contributed by atoms with van der Waals surface area (Å²) in [6.45, 7) is 3.63. The van der Waals surface area contributed by atoms with Gasteiger partial charge in [0.05, 0.1) is 6.07 Å². The number of rotatable bonds is 1. The molecule has 18 heavy (non-hydrogen) atoms. The highest BCUT2D eigenvalue weighted by molar-refractivity contribution is 5.66. The lowest BCUT2D eigenvalue weighted by atomic mass is 9.64. The largest absolute Gasteiger partial charge is 0.459 e. The molecule has 0 N–H and O–H groups in total. The van der Waals surface area contributed by atoms with Crippen LogP contribution in [0.1, 0.15) is 46.0 Å². The molecule has 2 bridgehead atoms. The standard InChI is InChI=1S/C15H21NO2/c1-9(17)18-15(2)7-11-6-14(15)12-4-3-10(8-16)5-13(11)12/h10-14H,3-7H2,1-2H3. The molecule has 6 unspecified atom stereocenters. The zero-order chi connectivity index (χ0) is 12.9. The van der Waals surface area contributed by atoms with Crippen LogP contribution < -0.4 is 0 Å². The average molecular weight is 247 g/mol. The predicted molar refractivity (Wildman–Crippen MR) is 66.3 cm³/mol. The zero-order valence-corrected chi connectivity index (χ0v) is 11.2. The van der Waals surface area contributed by atoms with Crippen molar-refractivity contribution < 1.29 is 9.53 Å². The van der Waals surface area contributed by atoms with Gasteiger partial charge in [-0.05, 0) is 56.8 Å². The zero-order valence-electron chi connectivity index (χ0n) is 11.2. The fourth-order valence-corrected chi connectivity index (χ4v) is 5.12. The molecule has 0 saturated heterocycles. The number of carbonyl (C=O) groups excluding carboxylic acids is 1. The van der Waals surface area contributed by atoms with Gasteiger partial charge in [0.2, 0.25) is 0 Å². The summed E-state index contributed by atoms with van der Waals surface area (Å²) in [7, 11) is 0. The van der Waals surface area contributed by atoms with Crippen LogP contribution in [0.25, 0.3) is 0 Å². The highest BCUT2D eigenvalue weighted by Crippen LogP contribution is 2.62. The van der Waals surface area contributed by atoms with E-state index in [0.717, 1.165) is 31.6 Å². The second kappa shape index (κ2) is 3.98. The SMILES string of the molecule is CC(=O)OC1(C)CC2CC1C1CCC(C#N)CC21. The van der Waals surface area contributed by atoms with Crippen LogP contribution in [0.3, 0.4) is 0 Å². The van der Waals surface area contributed by atoms with E-state index in [1.54, 1.807) is 0 Å². The Morgan fingerprint density at radius 1 is 1.33 bits per heavy atom. The molecule has 3 heteroatoms. The Labute approximate surface area is 108 Å². The van der Waals surface area contributed by atoms with Gasteiger partial charge < -0.3 is 4.74 Å². The first-order valence-electron chi connectivity index (χ1n) is 7.12. The monoisotopic (exact) mass is 247 g/mol. The molecule has 98 valence electrons. The third-order valence-electron chi connectivity index (χ3n) is 5.65. The molecule has 3 nitrogen and oxygen atoms in total. The van der Waals surface area contributed by atoms with Gasteiger partial charge in [-0.2, -0.15) is 5.26 Å². The summed E-state index contributed by atoms with van der Waals surface area (Å²) in [5, 5.41) is 9.08. The summed E-state index contributed by atoms with van der Waals surface area (Å²) < 4.78 is 5.63. The van der Waals surface area contributed by atoms with Gasteiger partial charge in [0, 0.05) is 18.8 Å². The summed E-state index contributed by atoms with van der Waals surface area (Å²) in [5.74, 6) is 2.75. The third kappa shape index (κ3) is 1.66. The number of nitriles is 1. The Morgan fingerprint density at radius 2 is 2.11 bits per heavy atom. The number of fused-ring (bicyclic) bond motifs is 5. The molecular formula is C15H21NO2. The highest BCUT2D eigenvalue weighted by atomic mass is 16.6. The van der Waals surface area contributed by atoms with Crippen molar-refractivity contribution in [2.75, 3.05) is 0 Å². The van der Waals surface area contributed by atoms with Crippen LogP contribution in [0.5, 0.6) is 0 Å². The minimum Gasteiger partial charge on any atom is -0.459 e. The Morgan fingerprint density at radius 3 is 2.78 bits per heavy atom. The average Bonchev–Trinajstić information content (AvgIpc) is 2.82. The topological polar surface area (TPSA) is 50.1 Å². The van der Waals surface area contributed by atoms with Crippen LogP contribution in [-0.4, -0.2) is 11.6 Å². The van der Waals surface area contributed by atoms with E-state index in [0.29, 0.717) is 17.8 Å². The summed E-state index contributed by atoms with van der Waals surface area (Å²) in [4.78, 5) is 11.3. The van der Waals surface area contributed by atoms with Crippen LogP contribution in [-0.2, 0) is 9.53 Å². The summed E-state index contributed by atoms with van der Waals surface area (Å²) in [6, 6.07) is 2.44. The third-order valence-corrected chi connectivity index (χ3v) is 5.65. The van der Waals surface area contributed by atoms with E-state index in [1.165, 1.54) is 13.3 Å². The molecule has 3 saturated carbocycles. The predicted octanol–water partition coefficient (Wildman–Crippen LogP) is 2.90. The number of hydrogen-bond donors (Lipinski definition) is 0. The molecule has 3 fully saturated rings. The van der Waals surface area contributed by atoms with Gasteiger partial charge in [0.15, 0.2) is 0 Å². The van der Waals surface area contributed by atoms with Crippen LogP contribution in [0.2, 0.25) is 0 Å². The lowest BCUT2D eigenvalue weighted by Gasteiger charge is -2.45. The Balaban J connectivity index is 1.77. The van der Waals surface area contributed by atoms with E-state index in [2.05, 4.69) is 13.0 Å². The number of hydrogen-bond acceptors (Lipinski definition) is 3. The molecule has 3 rings (SSSR count). The van der Waals surface area contributed by atoms with Crippen LogP contribution in [0.4, 0.5) is 0 Å². The molecule has 0 amide bonds. The lowest BCUT2D eigenvalue weighted by Crippen LogP contribution is -2.45. The van der Waals surface area contributed by atoms with Crippen molar-refractivity contribution in [3.8, 4) is 6.07 Å². The summed E-state index contributed by atoms with van der Waals surface area (Å²) in [5.41, 5.74) is -0.225. The molecule has 6 atom stereocenters. The fraction of sp³-hybridized carbons (Fsp3) is 0.867. The minimum atomic E-state index is -0.225. The molecule has 3 aliphatic rings. The minimum absolute atomic E-state index is 0.146. The highest BCUT2D eigenvalue weighted by Gasteiger charge is 2.60. The van der Waals surface area contributed by atoms with Crippen LogP contribution >= 0.6 is 0 Å². The maximum absolute atomic E-state index is 11.3. The summed E-state index contributed by atoms with van der Waals surface area (Å²) >= 11 is 0. The second-order valence-corrected chi connectivity index (χ2v) is 6.68. The molecule has 0 aromatic carbocycles. The molecule has 3 aliphatic carbocycles. The molecule has 0 aromatic rings. The molecule has 0 heterocycles. The molecule has 0 aromatic heterocycles. The van der Waals surface area contributed by atoms with E-state index in [-0.39, 0.29) is 17.5 Å². The first kappa shape index (κ1) is 12.0.